The number of carbonyl (C=O) groups excluding carboxylic acids is 1. The molecule has 0 aromatic carbocycles. The van der Waals surface area contributed by atoms with Gasteiger partial charge in [-0.05, 0) is 26.2 Å². The number of likely N-dealkylation sites (tertiary alicyclic amines) is 1. The fourth-order valence-electron chi connectivity index (χ4n) is 3.75. The average molecular weight is 363 g/mol. The van der Waals surface area contributed by atoms with E-state index in [1.165, 1.54) is 6.33 Å². The monoisotopic (exact) mass is 363 g/mol. The van der Waals surface area contributed by atoms with Gasteiger partial charge in [-0.25, -0.2) is 9.97 Å². The molecule has 2 atom stereocenters. The molecule has 144 valence electrons. The van der Waals surface area contributed by atoms with E-state index in [2.05, 4.69) is 20.6 Å². The van der Waals surface area contributed by atoms with Crippen molar-refractivity contribution in [1.82, 2.24) is 20.2 Å². The van der Waals surface area contributed by atoms with Gasteiger partial charge in [0.25, 0.3) is 5.91 Å². The van der Waals surface area contributed by atoms with Gasteiger partial charge in [0.05, 0.1) is 12.7 Å². The zero-order valence-electron chi connectivity index (χ0n) is 15.8. The Bertz CT molecular complexity index is 619. The summed E-state index contributed by atoms with van der Waals surface area (Å²) in [5.41, 5.74) is 1.28. The summed E-state index contributed by atoms with van der Waals surface area (Å²) in [6.45, 7) is 4.76. The van der Waals surface area contributed by atoms with Crippen LogP contribution < -0.4 is 10.6 Å². The summed E-state index contributed by atoms with van der Waals surface area (Å²) in [6, 6.07) is 0.725. The highest BCUT2D eigenvalue weighted by molar-refractivity contribution is 5.94. The van der Waals surface area contributed by atoms with Crippen LogP contribution in [-0.2, 0) is 9.47 Å². The lowest BCUT2D eigenvalue weighted by Crippen LogP contribution is -2.54. The molecular weight excluding hydrogens is 334 g/mol. The predicted octanol–water partition coefficient (Wildman–Crippen LogP) is 0.825. The molecule has 0 bridgehead atoms. The maximum Gasteiger partial charge on any atom is 0.272 e. The third kappa shape index (κ3) is 4.13. The average Bonchev–Trinajstić information content (AvgIpc) is 2.68. The molecule has 2 aliphatic heterocycles. The molecule has 1 amide bonds. The fourth-order valence-corrected chi connectivity index (χ4v) is 3.75. The number of nitrogens with one attached hydrogen (secondary N) is 2. The van der Waals surface area contributed by atoms with Crippen molar-refractivity contribution in [3.63, 3.8) is 0 Å². The molecule has 8 nitrogen and oxygen atoms in total. The Hall–Kier alpha value is -1.77. The summed E-state index contributed by atoms with van der Waals surface area (Å²) in [4.78, 5) is 23.1. The van der Waals surface area contributed by atoms with Gasteiger partial charge >= 0.3 is 0 Å². The standard InChI is InChI=1S/C18H29N5O3/c1-12-16(20-11-21-17(12)19-2)18(24)23-7-4-13(5-8-23)22-14-6-9-26-10-15(14)25-3/h11,13-15,22H,4-10H2,1-3H3,(H,19,20,21)/t14-,15+/m0/s1. The van der Waals surface area contributed by atoms with Crippen LogP contribution in [0.2, 0.25) is 0 Å². The van der Waals surface area contributed by atoms with Crippen LogP contribution in [-0.4, -0.2) is 79.4 Å². The molecule has 2 fully saturated rings. The number of rotatable bonds is 5. The number of methoxy groups -OCH3 is 1. The summed E-state index contributed by atoms with van der Waals surface area (Å²) in [7, 11) is 3.53. The van der Waals surface area contributed by atoms with Crippen LogP contribution in [0.4, 0.5) is 5.82 Å². The first-order chi connectivity index (χ1) is 12.6. The zero-order chi connectivity index (χ0) is 18.5. The number of anilines is 1. The normalized spacial score (nSPS) is 24.5. The quantitative estimate of drug-likeness (QED) is 0.801. The second-order valence-electron chi connectivity index (χ2n) is 6.92. The number of nitrogens with zero attached hydrogens (tertiary/aromatic N) is 3. The van der Waals surface area contributed by atoms with E-state index in [0.29, 0.717) is 30.2 Å². The minimum Gasteiger partial charge on any atom is -0.379 e. The van der Waals surface area contributed by atoms with Gasteiger partial charge in [-0.3, -0.25) is 4.79 Å². The van der Waals surface area contributed by atoms with Crippen molar-refractivity contribution in [2.75, 3.05) is 45.8 Å². The van der Waals surface area contributed by atoms with Gasteiger partial charge in [-0.15, -0.1) is 0 Å². The van der Waals surface area contributed by atoms with Crippen LogP contribution in [0.25, 0.3) is 0 Å². The molecule has 3 rings (SSSR count). The summed E-state index contributed by atoms with van der Waals surface area (Å²) in [5.74, 6) is 0.686. The van der Waals surface area contributed by atoms with Crippen molar-refractivity contribution < 1.29 is 14.3 Å². The van der Waals surface area contributed by atoms with Gasteiger partial charge in [0.2, 0.25) is 0 Å². The third-order valence-electron chi connectivity index (χ3n) is 5.36. The molecule has 0 saturated carbocycles. The van der Waals surface area contributed by atoms with E-state index >= 15 is 0 Å². The van der Waals surface area contributed by atoms with Crippen molar-refractivity contribution >= 4 is 11.7 Å². The Balaban J connectivity index is 1.56. The minimum atomic E-state index is -0.0133. The van der Waals surface area contributed by atoms with Crippen LogP contribution >= 0.6 is 0 Å². The topological polar surface area (TPSA) is 88.6 Å². The maximum absolute atomic E-state index is 12.8. The molecule has 8 heteroatoms. The number of ether oxygens (including phenoxy) is 2. The highest BCUT2D eigenvalue weighted by atomic mass is 16.5. The first-order valence-electron chi connectivity index (χ1n) is 9.29. The highest BCUT2D eigenvalue weighted by Crippen LogP contribution is 2.20. The number of piperidine rings is 1. The summed E-state index contributed by atoms with van der Waals surface area (Å²) >= 11 is 0. The minimum absolute atomic E-state index is 0.0133. The van der Waals surface area contributed by atoms with Gasteiger partial charge in [-0.1, -0.05) is 0 Å². The first-order valence-corrected chi connectivity index (χ1v) is 9.29. The van der Waals surface area contributed by atoms with Gasteiger partial charge in [0.15, 0.2) is 0 Å². The van der Waals surface area contributed by atoms with Crippen molar-refractivity contribution in [2.24, 2.45) is 0 Å². The number of aromatic nitrogens is 2. The first kappa shape index (κ1) is 19.0. The smallest absolute Gasteiger partial charge is 0.272 e. The van der Waals surface area contributed by atoms with E-state index in [-0.39, 0.29) is 12.0 Å². The molecule has 0 aliphatic carbocycles. The lowest BCUT2D eigenvalue weighted by Gasteiger charge is -2.38. The van der Waals surface area contributed by atoms with E-state index in [1.54, 1.807) is 14.2 Å². The number of hydrogen-bond acceptors (Lipinski definition) is 7. The van der Waals surface area contributed by atoms with Crippen molar-refractivity contribution in [1.29, 1.82) is 0 Å². The largest absolute Gasteiger partial charge is 0.379 e. The zero-order valence-corrected chi connectivity index (χ0v) is 15.8. The van der Waals surface area contributed by atoms with E-state index < -0.39 is 0 Å². The van der Waals surface area contributed by atoms with Crippen molar-refractivity contribution in [3.8, 4) is 0 Å². The Labute approximate surface area is 154 Å². The van der Waals surface area contributed by atoms with Gasteiger partial charge in [0, 0.05) is 51.5 Å². The molecule has 2 aliphatic rings. The Morgan fingerprint density at radius 1 is 1.31 bits per heavy atom. The van der Waals surface area contributed by atoms with Crippen LogP contribution in [0.1, 0.15) is 35.3 Å². The Kier molecular flexibility index (Phi) is 6.39. The molecule has 1 aromatic rings. The molecule has 2 N–H and O–H groups in total. The predicted molar refractivity (Wildman–Crippen MR) is 98.4 cm³/mol. The second-order valence-corrected chi connectivity index (χ2v) is 6.92. The lowest BCUT2D eigenvalue weighted by molar-refractivity contribution is -0.0533. The van der Waals surface area contributed by atoms with Gasteiger partial charge in [0.1, 0.15) is 17.8 Å². The summed E-state index contributed by atoms with van der Waals surface area (Å²) in [6.07, 6.45) is 4.37. The van der Waals surface area contributed by atoms with Crippen LogP contribution in [0.15, 0.2) is 6.33 Å². The molecule has 2 saturated heterocycles. The number of amides is 1. The third-order valence-corrected chi connectivity index (χ3v) is 5.36. The molecule has 26 heavy (non-hydrogen) atoms. The van der Waals surface area contributed by atoms with E-state index in [4.69, 9.17) is 9.47 Å². The molecule has 0 spiro atoms. The van der Waals surface area contributed by atoms with Gasteiger partial charge in [-0.2, -0.15) is 0 Å². The van der Waals surface area contributed by atoms with Crippen molar-refractivity contribution in [3.05, 3.63) is 17.6 Å². The lowest BCUT2D eigenvalue weighted by atomic mass is 9.99. The van der Waals surface area contributed by atoms with Crippen LogP contribution in [0.3, 0.4) is 0 Å². The molecular formula is C18H29N5O3. The molecule has 0 unspecified atom stereocenters. The van der Waals surface area contributed by atoms with Crippen LogP contribution in [0, 0.1) is 6.92 Å². The van der Waals surface area contributed by atoms with E-state index in [1.807, 2.05) is 11.8 Å². The SMILES string of the molecule is CNc1ncnc(C(=O)N2CCC(N[C@H]3CCOC[C@H]3OC)CC2)c1C. The van der Waals surface area contributed by atoms with Gasteiger partial charge < -0.3 is 25.0 Å². The summed E-state index contributed by atoms with van der Waals surface area (Å²) < 4.78 is 11.0. The van der Waals surface area contributed by atoms with Crippen molar-refractivity contribution in [2.45, 2.75) is 44.4 Å². The fraction of sp³-hybridized carbons (Fsp3) is 0.722. The molecule has 3 heterocycles. The molecule has 1 aromatic heterocycles. The highest BCUT2D eigenvalue weighted by Gasteiger charge is 2.31. The maximum atomic E-state index is 12.8. The second kappa shape index (κ2) is 8.75. The summed E-state index contributed by atoms with van der Waals surface area (Å²) in [5, 5.41) is 6.71. The van der Waals surface area contributed by atoms with E-state index in [9.17, 15) is 4.79 Å². The van der Waals surface area contributed by atoms with E-state index in [0.717, 1.165) is 44.5 Å². The number of hydrogen-bond donors (Lipinski definition) is 2. The Morgan fingerprint density at radius 2 is 2.08 bits per heavy atom. The Morgan fingerprint density at radius 3 is 2.77 bits per heavy atom. The number of carbonyl (C=O) groups is 1. The van der Waals surface area contributed by atoms with Crippen LogP contribution in [0.5, 0.6) is 0 Å². The molecule has 0 radical (unpaired) electrons.